The number of carbonyl (C=O) groups excluding carboxylic acids is 2. The first-order valence-corrected chi connectivity index (χ1v) is 8.82. The number of ether oxygens (including phenoxy) is 2. The molecule has 0 bridgehead atoms. The van der Waals surface area contributed by atoms with E-state index in [1.54, 1.807) is 4.90 Å². The highest BCUT2D eigenvalue weighted by atomic mass is 35.5. The van der Waals surface area contributed by atoms with E-state index in [-0.39, 0.29) is 35.9 Å². The molecule has 1 heterocycles. The SMILES string of the molecule is COc1cc(N)c(Cl)cc1C(=O)NCCCN1C(=O)COc2ccccc21.Cl. The van der Waals surface area contributed by atoms with Gasteiger partial charge < -0.3 is 25.4 Å². The summed E-state index contributed by atoms with van der Waals surface area (Å²) in [5.74, 6) is 0.614. The average Bonchev–Trinajstić information content (AvgIpc) is 2.68. The van der Waals surface area contributed by atoms with Crippen molar-refractivity contribution >= 4 is 47.2 Å². The normalized spacial score (nSPS) is 12.5. The lowest BCUT2D eigenvalue weighted by Gasteiger charge is -2.29. The molecule has 7 nitrogen and oxygen atoms in total. The van der Waals surface area contributed by atoms with Crippen molar-refractivity contribution in [3.05, 3.63) is 47.0 Å². The quantitative estimate of drug-likeness (QED) is 0.547. The Morgan fingerprint density at radius 2 is 2.11 bits per heavy atom. The summed E-state index contributed by atoms with van der Waals surface area (Å²) in [4.78, 5) is 26.2. The van der Waals surface area contributed by atoms with Crippen molar-refractivity contribution in [1.29, 1.82) is 0 Å². The van der Waals surface area contributed by atoms with Gasteiger partial charge in [-0.2, -0.15) is 0 Å². The van der Waals surface area contributed by atoms with Crippen molar-refractivity contribution in [2.45, 2.75) is 6.42 Å². The highest BCUT2D eigenvalue weighted by molar-refractivity contribution is 6.33. The summed E-state index contributed by atoms with van der Waals surface area (Å²) in [7, 11) is 1.46. The molecule has 2 aromatic rings. The number of hydrogen-bond acceptors (Lipinski definition) is 5. The number of fused-ring (bicyclic) bond motifs is 1. The summed E-state index contributed by atoms with van der Waals surface area (Å²) in [5.41, 5.74) is 7.12. The van der Waals surface area contributed by atoms with E-state index < -0.39 is 0 Å². The Morgan fingerprint density at radius 1 is 1.36 bits per heavy atom. The van der Waals surface area contributed by atoms with Crippen LogP contribution in [0, 0.1) is 0 Å². The maximum absolute atomic E-state index is 12.4. The van der Waals surface area contributed by atoms with E-state index in [0.29, 0.717) is 42.3 Å². The molecular formula is C19H21Cl2N3O4. The molecule has 9 heteroatoms. The van der Waals surface area contributed by atoms with Gasteiger partial charge in [0, 0.05) is 19.2 Å². The van der Waals surface area contributed by atoms with E-state index in [4.69, 9.17) is 26.8 Å². The van der Waals surface area contributed by atoms with Crippen LogP contribution in [0.15, 0.2) is 36.4 Å². The summed E-state index contributed by atoms with van der Waals surface area (Å²) in [6.07, 6.45) is 0.580. The first kappa shape index (κ1) is 21.7. The number of hydrogen-bond donors (Lipinski definition) is 2. The summed E-state index contributed by atoms with van der Waals surface area (Å²) in [6, 6.07) is 10.4. The van der Waals surface area contributed by atoms with Gasteiger partial charge in [-0.25, -0.2) is 0 Å². The fourth-order valence-corrected chi connectivity index (χ4v) is 3.01. The number of nitrogen functional groups attached to an aromatic ring is 1. The van der Waals surface area contributed by atoms with Crippen LogP contribution in [0.3, 0.4) is 0 Å². The second-order valence-corrected chi connectivity index (χ2v) is 6.39. The van der Waals surface area contributed by atoms with Gasteiger partial charge in [0.15, 0.2) is 6.61 Å². The van der Waals surface area contributed by atoms with E-state index in [1.165, 1.54) is 19.2 Å². The van der Waals surface area contributed by atoms with Crippen molar-refractivity contribution in [3.63, 3.8) is 0 Å². The Kier molecular flexibility index (Phi) is 7.37. The molecule has 0 atom stereocenters. The molecule has 0 saturated heterocycles. The molecule has 28 heavy (non-hydrogen) atoms. The monoisotopic (exact) mass is 425 g/mol. The van der Waals surface area contributed by atoms with E-state index in [9.17, 15) is 9.59 Å². The number of nitrogens with two attached hydrogens (primary N) is 1. The van der Waals surface area contributed by atoms with Gasteiger partial charge in [-0.3, -0.25) is 9.59 Å². The van der Waals surface area contributed by atoms with Crippen LogP contribution in [0.4, 0.5) is 11.4 Å². The largest absolute Gasteiger partial charge is 0.496 e. The molecule has 2 aromatic carbocycles. The Bertz CT molecular complexity index is 876. The van der Waals surface area contributed by atoms with Gasteiger partial charge in [0.05, 0.1) is 29.1 Å². The Labute approximate surface area is 174 Å². The molecule has 2 amide bonds. The molecule has 150 valence electrons. The zero-order valence-electron chi connectivity index (χ0n) is 15.2. The summed E-state index contributed by atoms with van der Waals surface area (Å²) < 4.78 is 10.6. The highest BCUT2D eigenvalue weighted by Crippen LogP contribution is 2.31. The van der Waals surface area contributed by atoms with Gasteiger partial charge in [0.1, 0.15) is 11.5 Å². The number of amides is 2. The third-order valence-electron chi connectivity index (χ3n) is 4.22. The fraction of sp³-hybridized carbons (Fsp3) is 0.263. The molecule has 0 saturated carbocycles. The molecule has 0 fully saturated rings. The number of rotatable bonds is 6. The second-order valence-electron chi connectivity index (χ2n) is 5.99. The minimum Gasteiger partial charge on any atom is -0.496 e. The van der Waals surface area contributed by atoms with Gasteiger partial charge >= 0.3 is 0 Å². The first-order chi connectivity index (χ1) is 13.0. The van der Waals surface area contributed by atoms with Crippen molar-refractivity contribution in [2.24, 2.45) is 0 Å². The topological polar surface area (TPSA) is 93.9 Å². The standard InChI is InChI=1S/C19H20ClN3O4.ClH/c1-26-17-10-14(21)13(20)9-12(17)19(25)22-7-4-8-23-15-5-2-3-6-16(15)27-11-18(23)24;/h2-3,5-6,9-10H,4,7-8,11,21H2,1H3,(H,22,25);1H. The number of nitrogens with one attached hydrogen (secondary N) is 1. The van der Waals surface area contributed by atoms with Gasteiger partial charge in [-0.05, 0) is 24.6 Å². The van der Waals surface area contributed by atoms with Gasteiger partial charge in [-0.15, -0.1) is 12.4 Å². The molecule has 0 aromatic heterocycles. The molecule has 0 spiro atoms. The molecule has 0 unspecified atom stereocenters. The van der Waals surface area contributed by atoms with Crippen LogP contribution >= 0.6 is 24.0 Å². The minimum absolute atomic E-state index is 0. The van der Waals surface area contributed by atoms with E-state index in [0.717, 1.165) is 5.69 Å². The number of benzene rings is 2. The van der Waals surface area contributed by atoms with Crippen molar-refractivity contribution in [1.82, 2.24) is 5.32 Å². The molecule has 1 aliphatic rings. The smallest absolute Gasteiger partial charge is 0.265 e. The van der Waals surface area contributed by atoms with E-state index >= 15 is 0 Å². The fourth-order valence-electron chi connectivity index (χ4n) is 2.85. The average molecular weight is 426 g/mol. The number of methoxy groups -OCH3 is 1. The molecular weight excluding hydrogens is 405 g/mol. The lowest BCUT2D eigenvalue weighted by Crippen LogP contribution is -2.40. The van der Waals surface area contributed by atoms with Crippen LogP contribution in [0.5, 0.6) is 11.5 Å². The number of carbonyl (C=O) groups is 2. The van der Waals surface area contributed by atoms with Crippen molar-refractivity contribution < 1.29 is 19.1 Å². The maximum atomic E-state index is 12.4. The van der Waals surface area contributed by atoms with Crippen molar-refractivity contribution in [3.8, 4) is 11.5 Å². The maximum Gasteiger partial charge on any atom is 0.265 e. The first-order valence-electron chi connectivity index (χ1n) is 8.44. The second kappa shape index (κ2) is 9.52. The molecule has 3 rings (SSSR count). The van der Waals surface area contributed by atoms with Crippen LogP contribution in [-0.4, -0.2) is 38.6 Å². The lowest BCUT2D eigenvalue weighted by molar-refractivity contribution is -0.121. The number of anilines is 2. The van der Waals surface area contributed by atoms with E-state index in [2.05, 4.69) is 5.32 Å². The summed E-state index contributed by atoms with van der Waals surface area (Å²) >= 11 is 6.00. The summed E-state index contributed by atoms with van der Waals surface area (Å²) in [5, 5.41) is 3.10. The Balaban J connectivity index is 0.00000280. The Hall–Kier alpha value is -2.64. The Morgan fingerprint density at radius 3 is 2.86 bits per heavy atom. The zero-order chi connectivity index (χ0) is 19.4. The third-order valence-corrected chi connectivity index (χ3v) is 4.54. The highest BCUT2D eigenvalue weighted by Gasteiger charge is 2.24. The molecule has 1 aliphatic heterocycles. The minimum atomic E-state index is -0.317. The lowest BCUT2D eigenvalue weighted by atomic mass is 10.1. The van der Waals surface area contributed by atoms with Crippen LogP contribution in [0.1, 0.15) is 16.8 Å². The number of para-hydroxylation sites is 2. The molecule has 0 aliphatic carbocycles. The number of halogens is 2. The van der Waals surface area contributed by atoms with Crippen LogP contribution in [0.25, 0.3) is 0 Å². The molecule has 3 N–H and O–H groups in total. The van der Waals surface area contributed by atoms with Gasteiger partial charge in [0.2, 0.25) is 0 Å². The predicted molar refractivity (Wildman–Crippen MR) is 111 cm³/mol. The third kappa shape index (κ3) is 4.61. The predicted octanol–water partition coefficient (Wildman–Crippen LogP) is 2.90. The zero-order valence-corrected chi connectivity index (χ0v) is 16.8. The molecule has 0 radical (unpaired) electrons. The summed E-state index contributed by atoms with van der Waals surface area (Å²) in [6.45, 7) is 0.875. The van der Waals surface area contributed by atoms with E-state index in [1.807, 2.05) is 24.3 Å². The van der Waals surface area contributed by atoms with Crippen LogP contribution < -0.4 is 25.4 Å². The van der Waals surface area contributed by atoms with Gasteiger partial charge in [0.25, 0.3) is 11.8 Å². The van der Waals surface area contributed by atoms with Gasteiger partial charge in [-0.1, -0.05) is 23.7 Å². The van der Waals surface area contributed by atoms with Crippen LogP contribution in [-0.2, 0) is 4.79 Å². The van der Waals surface area contributed by atoms with Crippen LogP contribution in [0.2, 0.25) is 5.02 Å². The number of nitrogens with zero attached hydrogens (tertiary/aromatic N) is 1. The van der Waals surface area contributed by atoms with Crippen molar-refractivity contribution in [2.75, 3.05) is 37.4 Å².